The van der Waals surface area contributed by atoms with E-state index >= 15 is 0 Å². The number of hydrogen-bond acceptors (Lipinski definition) is 2. The van der Waals surface area contributed by atoms with Crippen LogP contribution in [0.15, 0.2) is 42.5 Å². The van der Waals surface area contributed by atoms with Crippen LogP contribution in [0.25, 0.3) is 0 Å². The Bertz CT molecular complexity index is 408. The standard InChI is InChI=1S/C14H15NO/c1-2-4-10(5-3-1)15-8-11-12(9-15)14-7-6-13(11)16-14/h1-7,11-14H,8-9H2. The SMILES string of the molecule is C1=CC2OC1C1CN(c3ccccc3)CC21. The Hall–Kier alpha value is -1.28. The predicted octanol–water partition coefficient (Wildman–Crippen LogP) is 2.08. The van der Waals surface area contributed by atoms with Gasteiger partial charge in [0.15, 0.2) is 0 Å². The molecule has 1 aromatic carbocycles. The Morgan fingerprint density at radius 3 is 2.19 bits per heavy atom. The van der Waals surface area contributed by atoms with Gasteiger partial charge in [-0.3, -0.25) is 0 Å². The zero-order valence-electron chi connectivity index (χ0n) is 9.12. The first-order valence-electron chi connectivity index (χ1n) is 6.05. The molecule has 0 radical (unpaired) electrons. The van der Waals surface area contributed by atoms with Crippen LogP contribution in [0.4, 0.5) is 5.69 Å². The lowest BCUT2D eigenvalue weighted by Crippen LogP contribution is -2.24. The smallest absolute Gasteiger partial charge is 0.0814 e. The van der Waals surface area contributed by atoms with Gasteiger partial charge in [-0.2, -0.15) is 0 Å². The third-order valence-corrected chi connectivity index (χ3v) is 4.18. The summed E-state index contributed by atoms with van der Waals surface area (Å²) in [5.74, 6) is 1.44. The maximum Gasteiger partial charge on any atom is 0.0814 e. The molecule has 2 saturated heterocycles. The Labute approximate surface area is 95.5 Å². The fourth-order valence-electron chi connectivity index (χ4n) is 3.38. The Kier molecular flexibility index (Phi) is 1.71. The van der Waals surface area contributed by atoms with Gasteiger partial charge in [0.1, 0.15) is 0 Å². The minimum absolute atomic E-state index is 0.392. The molecule has 2 bridgehead atoms. The van der Waals surface area contributed by atoms with Gasteiger partial charge in [0.2, 0.25) is 0 Å². The highest BCUT2D eigenvalue weighted by atomic mass is 16.5. The van der Waals surface area contributed by atoms with Gasteiger partial charge < -0.3 is 9.64 Å². The third-order valence-electron chi connectivity index (χ3n) is 4.18. The summed E-state index contributed by atoms with van der Waals surface area (Å²) in [6.45, 7) is 2.31. The van der Waals surface area contributed by atoms with Crippen LogP contribution in [-0.4, -0.2) is 25.3 Å². The number of para-hydroxylation sites is 1. The number of nitrogens with zero attached hydrogens (tertiary/aromatic N) is 1. The van der Waals surface area contributed by atoms with E-state index in [0.29, 0.717) is 12.2 Å². The van der Waals surface area contributed by atoms with Gasteiger partial charge in [-0.1, -0.05) is 30.4 Å². The molecule has 4 rings (SSSR count). The molecule has 16 heavy (non-hydrogen) atoms. The number of hydrogen-bond donors (Lipinski definition) is 0. The van der Waals surface area contributed by atoms with Crippen LogP contribution in [0.3, 0.4) is 0 Å². The van der Waals surface area contributed by atoms with Crippen molar-refractivity contribution in [3.63, 3.8) is 0 Å². The first-order chi connectivity index (χ1) is 7.92. The summed E-state index contributed by atoms with van der Waals surface area (Å²) in [5, 5.41) is 0. The summed E-state index contributed by atoms with van der Waals surface area (Å²) >= 11 is 0. The van der Waals surface area contributed by atoms with E-state index in [0.717, 1.165) is 24.9 Å². The molecule has 4 atom stereocenters. The van der Waals surface area contributed by atoms with Gasteiger partial charge in [-0.25, -0.2) is 0 Å². The van der Waals surface area contributed by atoms with E-state index in [1.54, 1.807) is 0 Å². The first kappa shape index (κ1) is 8.82. The number of benzene rings is 1. The van der Waals surface area contributed by atoms with Crippen molar-refractivity contribution in [2.24, 2.45) is 11.8 Å². The predicted molar refractivity (Wildman–Crippen MR) is 63.4 cm³/mol. The maximum atomic E-state index is 5.89. The van der Waals surface area contributed by atoms with Gasteiger partial charge in [-0.05, 0) is 12.1 Å². The van der Waals surface area contributed by atoms with Crippen LogP contribution in [0, 0.1) is 11.8 Å². The van der Waals surface area contributed by atoms with Gasteiger partial charge in [-0.15, -0.1) is 0 Å². The average molecular weight is 213 g/mol. The van der Waals surface area contributed by atoms with E-state index in [9.17, 15) is 0 Å². The Balaban J connectivity index is 1.60. The fourth-order valence-corrected chi connectivity index (χ4v) is 3.38. The van der Waals surface area contributed by atoms with Crippen LogP contribution in [-0.2, 0) is 4.74 Å². The molecule has 0 aromatic heterocycles. The van der Waals surface area contributed by atoms with E-state index in [4.69, 9.17) is 4.74 Å². The highest BCUT2D eigenvalue weighted by Gasteiger charge is 2.50. The Morgan fingerprint density at radius 2 is 1.56 bits per heavy atom. The molecule has 4 unspecified atom stereocenters. The topological polar surface area (TPSA) is 12.5 Å². The summed E-state index contributed by atoms with van der Waals surface area (Å²) in [7, 11) is 0. The van der Waals surface area contributed by atoms with E-state index in [1.807, 2.05) is 0 Å². The minimum atomic E-state index is 0.392. The molecule has 82 valence electrons. The van der Waals surface area contributed by atoms with Crippen molar-refractivity contribution in [3.05, 3.63) is 42.5 Å². The summed E-state index contributed by atoms with van der Waals surface area (Å²) in [6, 6.07) is 10.7. The first-order valence-corrected chi connectivity index (χ1v) is 6.05. The van der Waals surface area contributed by atoms with Crippen LogP contribution >= 0.6 is 0 Å². The van der Waals surface area contributed by atoms with Crippen LogP contribution < -0.4 is 4.90 Å². The van der Waals surface area contributed by atoms with Crippen molar-refractivity contribution >= 4 is 5.69 Å². The summed E-state index contributed by atoms with van der Waals surface area (Å²) in [4.78, 5) is 2.50. The molecule has 0 aliphatic carbocycles. The molecular weight excluding hydrogens is 198 g/mol. The second-order valence-electron chi connectivity index (χ2n) is 5.02. The van der Waals surface area contributed by atoms with E-state index in [2.05, 4.69) is 47.4 Å². The van der Waals surface area contributed by atoms with Gasteiger partial charge in [0.25, 0.3) is 0 Å². The summed E-state index contributed by atoms with van der Waals surface area (Å²) in [5.41, 5.74) is 1.36. The lowest BCUT2D eigenvalue weighted by Gasteiger charge is -2.20. The summed E-state index contributed by atoms with van der Waals surface area (Å²) in [6.07, 6.45) is 5.29. The largest absolute Gasteiger partial charge is 0.371 e. The average Bonchev–Trinajstić information content (AvgIpc) is 3.02. The molecule has 2 heteroatoms. The molecule has 0 amide bonds. The van der Waals surface area contributed by atoms with Crippen molar-refractivity contribution in [2.45, 2.75) is 12.2 Å². The lowest BCUT2D eigenvalue weighted by atomic mass is 9.86. The maximum absolute atomic E-state index is 5.89. The molecule has 3 aliphatic rings. The number of rotatable bonds is 1. The zero-order valence-corrected chi connectivity index (χ0v) is 9.12. The van der Waals surface area contributed by atoms with Crippen molar-refractivity contribution < 1.29 is 4.74 Å². The molecular formula is C14H15NO. The lowest BCUT2D eigenvalue weighted by molar-refractivity contribution is 0.100. The summed E-state index contributed by atoms with van der Waals surface area (Å²) < 4.78 is 5.89. The van der Waals surface area contributed by atoms with E-state index in [-0.39, 0.29) is 0 Å². The third kappa shape index (κ3) is 1.11. The quantitative estimate of drug-likeness (QED) is 0.662. The molecule has 3 heterocycles. The van der Waals surface area contributed by atoms with Crippen molar-refractivity contribution in [3.8, 4) is 0 Å². The van der Waals surface area contributed by atoms with Crippen LogP contribution in [0.5, 0.6) is 0 Å². The molecule has 0 spiro atoms. The number of fused-ring (bicyclic) bond motifs is 5. The monoisotopic (exact) mass is 213 g/mol. The molecule has 0 saturated carbocycles. The molecule has 3 aliphatic heterocycles. The molecule has 2 nitrogen and oxygen atoms in total. The zero-order chi connectivity index (χ0) is 10.5. The van der Waals surface area contributed by atoms with Crippen molar-refractivity contribution in [2.75, 3.05) is 18.0 Å². The minimum Gasteiger partial charge on any atom is -0.371 e. The second kappa shape index (κ2) is 3.11. The highest BCUT2D eigenvalue weighted by molar-refractivity contribution is 5.48. The van der Waals surface area contributed by atoms with Crippen molar-refractivity contribution in [1.29, 1.82) is 0 Å². The highest BCUT2D eigenvalue weighted by Crippen LogP contribution is 2.44. The Morgan fingerprint density at radius 1 is 0.938 bits per heavy atom. The molecule has 2 fully saturated rings. The number of anilines is 1. The van der Waals surface area contributed by atoms with E-state index < -0.39 is 0 Å². The van der Waals surface area contributed by atoms with Gasteiger partial charge in [0, 0.05) is 30.6 Å². The van der Waals surface area contributed by atoms with Crippen LogP contribution in [0.1, 0.15) is 0 Å². The van der Waals surface area contributed by atoms with E-state index in [1.165, 1.54) is 5.69 Å². The van der Waals surface area contributed by atoms with Gasteiger partial charge in [0.05, 0.1) is 12.2 Å². The molecule has 1 aromatic rings. The fraction of sp³-hybridized carbons (Fsp3) is 0.429. The number of ether oxygens (including phenoxy) is 1. The van der Waals surface area contributed by atoms with Crippen LogP contribution in [0.2, 0.25) is 0 Å². The normalized spacial score (nSPS) is 39.4. The second-order valence-corrected chi connectivity index (χ2v) is 5.02. The van der Waals surface area contributed by atoms with Crippen molar-refractivity contribution in [1.82, 2.24) is 0 Å². The van der Waals surface area contributed by atoms with Gasteiger partial charge >= 0.3 is 0 Å². The molecule has 0 N–H and O–H groups in total.